The van der Waals surface area contributed by atoms with Crippen molar-refractivity contribution in [2.24, 2.45) is 5.84 Å². The molecule has 0 bridgehead atoms. The van der Waals surface area contributed by atoms with Crippen LogP contribution in [0.3, 0.4) is 0 Å². The highest BCUT2D eigenvalue weighted by Gasteiger charge is 2.45. The smallest absolute Gasteiger partial charge is 0.409 e. The Labute approximate surface area is 270 Å². The number of hydrogen-bond donors (Lipinski definition) is 2. The first-order valence-corrected chi connectivity index (χ1v) is 15.5. The third kappa shape index (κ3) is 8.15. The summed E-state index contributed by atoms with van der Waals surface area (Å²) in [6.45, 7) is 7.59. The van der Waals surface area contributed by atoms with Crippen LogP contribution in [-0.2, 0) is 45.5 Å². The Balaban J connectivity index is 0.000000256. The third-order valence-corrected chi connectivity index (χ3v) is 8.58. The van der Waals surface area contributed by atoms with Crippen molar-refractivity contribution >= 4 is 46.7 Å². The Hall–Kier alpha value is -4.08. The molecule has 4 aliphatic rings. The van der Waals surface area contributed by atoms with E-state index in [0.29, 0.717) is 11.8 Å². The number of amides is 2. The molecule has 0 unspecified atom stereocenters. The fourth-order valence-corrected chi connectivity index (χ4v) is 6.95. The van der Waals surface area contributed by atoms with E-state index in [1.165, 1.54) is 42.2 Å². The molecule has 2 aliphatic carbocycles. The molecule has 45 heavy (non-hydrogen) atoms. The number of carbonyl (C=O) groups is 2. The van der Waals surface area contributed by atoms with E-state index in [4.69, 9.17) is 32.2 Å². The average Bonchev–Trinajstić information content (AvgIpc) is 3.82. The van der Waals surface area contributed by atoms with Gasteiger partial charge in [0, 0.05) is 56.8 Å². The second kappa shape index (κ2) is 18.0. The maximum Gasteiger partial charge on any atom is 0.409 e. The number of likely N-dealkylation sites (tertiary alicyclic amines) is 2. The van der Waals surface area contributed by atoms with Gasteiger partial charge >= 0.3 is 35.3 Å². The Kier molecular flexibility index (Phi) is 14.9. The standard InChI is InChI=1S/C14H19N3O2.C14H18N2O2.C2H4.2O2S/c1-16(15)12-5-3-4-9-10-6-7-17(14(18)19-2)13(10)8-11(9)12;1-15-12-5-3-4-9-10-6-7-16(14(17)18-2)13(10)8-11(9)12;1-2;2*1-3-2/h3-5,10,13H,6-8,15H2,1-2H3;3-5,10,13,15H,6-8H2,1-2H3;1-2H2;;/t2*10-,13+;;;/m00.../s1. The van der Waals surface area contributed by atoms with Crippen molar-refractivity contribution in [2.45, 2.75) is 49.6 Å². The highest BCUT2D eigenvalue weighted by atomic mass is 32.1. The van der Waals surface area contributed by atoms with E-state index in [9.17, 15) is 9.59 Å². The Morgan fingerprint density at radius 1 is 0.844 bits per heavy atom. The van der Waals surface area contributed by atoms with Gasteiger partial charge in [-0.25, -0.2) is 15.4 Å². The first-order valence-electron chi connectivity index (χ1n) is 14.1. The quantitative estimate of drug-likeness (QED) is 0.275. The predicted molar refractivity (Wildman–Crippen MR) is 172 cm³/mol. The lowest BCUT2D eigenvalue weighted by atomic mass is 9.98. The van der Waals surface area contributed by atoms with Crippen molar-refractivity contribution in [1.82, 2.24) is 9.80 Å². The number of carbonyl (C=O) groups excluding carboxylic acids is 2. The number of ether oxygens (including phenoxy) is 2. The van der Waals surface area contributed by atoms with Gasteiger partial charge in [-0.05, 0) is 60.1 Å². The van der Waals surface area contributed by atoms with E-state index in [2.05, 4.69) is 42.7 Å². The Bertz CT molecular complexity index is 1390. The van der Waals surface area contributed by atoms with Crippen LogP contribution in [-0.4, -0.2) is 92.3 Å². The lowest BCUT2D eigenvalue weighted by Crippen LogP contribution is -2.36. The largest absolute Gasteiger partial charge is 0.453 e. The van der Waals surface area contributed by atoms with Crippen molar-refractivity contribution in [3.63, 3.8) is 0 Å². The third-order valence-electron chi connectivity index (χ3n) is 8.58. The summed E-state index contributed by atoms with van der Waals surface area (Å²) in [6, 6.07) is 13.1. The van der Waals surface area contributed by atoms with Gasteiger partial charge in [-0.2, -0.15) is 16.8 Å². The van der Waals surface area contributed by atoms with Crippen molar-refractivity contribution in [2.75, 3.05) is 51.7 Å². The van der Waals surface area contributed by atoms with E-state index in [0.717, 1.165) is 44.5 Å². The zero-order valence-corrected chi connectivity index (χ0v) is 27.6. The number of rotatable bonds is 2. The van der Waals surface area contributed by atoms with Crippen LogP contribution in [0.25, 0.3) is 0 Å². The fourth-order valence-electron chi connectivity index (χ4n) is 6.95. The molecule has 2 saturated heterocycles. The SMILES string of the molecule is C=C.CNc1cccc2c1C[C@@H]1[C@H]2CCN1C(=O)OC.COC(=O)N1CC[C@H]2c3cccc(N(C)N)c3C[C@H]21.O=S=O.O=S=O. The zero-order chi connectivity index (χ0) is 33.7. The van der Waals surface area contributed by atoms with Gasteiger partial charge in [0.15, 0.2) is 0 Å². The Morgan fingerprint density at radius 2 is 1.27 bits per heavy atom. The van der Waals surface area contributed by atoms with Gasteiger partial charge in [0.25, 0.3) is 0 Å². The Morgan fingerprint density at radius 3 is 1.69 bits per heavy atom. The predicted octanol–water partition coefficient (Wildman–Crippen LogP) is 3.15. The molecule has 13 nitrogen and oxygen atoms in total. The van der Waals surface area contributed by atoms with E-state index in [-0.39, 0.29) is 24.3 Å². The molecule has 0 spiro atoms. The first-order chi connectivity index (χ1) is 21.7. The van der Waals surface area contributed by atoms with Gasteiger partial charge in [-0.1, -0.05) is 24.3 Å². The number of anilines is 2. The minimum atomic E-state index is -0.750. The molecule has 4 atom stereocenters. The number of methoxy groups -OCH3 is 2. The topological polar surface area (TPSA) is 169 Å². The monoisotopic (exact) mass is 663 g/mol. The van der Waals surface area contributed by atoms with Crippen LogP contribution in [0.2, 0.25) is 0 Å². The molecule has 3 N–H and O–H groups in total. The second-order valence-corrected chi connectivity index (χ2v) is 10.6. The molecule has 246 valence electrons. The molecule has 2 fully saturated rings. The number of nitrogens with two attached hydrogens (primary N) is 1. The zero-order valence-electron chi connectivity index (χ0n) is 25.9. The van der Waals surface area contributed by atoms with Gasteiger partial charge in [-0.3, -0.25) is 0 Å². The number of hydrazine groups is 1. The van der Waals surface area contributed by atoms with E-state index >= 15 is 0 Å². The molecule has 2 aromatic rings. The number of fused-ring (bicyclic) bond motifs is 6. The molecule has 2 aromatic carbocycles. The van der Waals surface area contributed by atoms with E-state index < -0.39 is 23.1 Å². The summed E-state index contributed by atoms with van der Waals surface area (Å²) < 4.78 is 42.9. The summed E-state index contributed by atoms with van der Waals surface area (Å²) in [5.41, 5.74) is 7.62. The second-order valence-electron chi connectivity index (χ2n) is 10.4. The average molecular weight is 664 g/mol. The number of hydrogen-bond acceptors (Lipinski definition) is 11. The molecule has 0 saturated carbocycles. The summed E-state index contributed by atoms with van der Waals surface area (Å²) in [6.07, 6.45) is 3.44. The summed E-state index contributed by atoms with van der Waals surface area (Å²) in [4.78, 5) is 27.3. The van der Waals surface area contributed by atoms with Gasteiger partial charge in [0.2, 0.25) is 0 Å². The van der Waals surface area contributed by atoms with Gasteiger partial charge in [-0.15, -0.1) is 13.2 Å². The minimum absolute atomic E-state index is 0.193. The summed E-state index contributed by atoms with van der Waals surface area (Å²) in [7, 11) is 6.69. The molecule has 2 heterocycles. The maximum atomic E-state index is 11.8. The first kappa shape index (κ1) is 37.1. The van der Waals surface area contributed by atoms with E-state index in [1.54, 1.807) is 5.01 Å². The maximum absolute atomic E-state index is 11.8. The molecule has 0 radical (unpaired) electrons. The molecular weight excluding hydrogens is 622 g/mol. The summed E-state index contributed by atoms with van der Waals surface area (Å²) >= 11 is -1.50. The molecule has 15 heteroatoms. The van der Waals surface area contributed by atoms with Crippen LogP contribution in [0.4, 0.5) is 21.0 Å². The van der Waals surface area contributed by atoms with Crippen molar-refractivity contribution in [3.8, 4) is 0 Å². The van der Waals surface area contributed by atoms with Crippen LogP contribution in [0.5, 0.6) is 0 Å². The van der Waals surface area contributed by atoms with E-state index in [1.807, 2.05) is 36.0 Å². The normalized spacial score (nSPS) is 20.6. The highest BCUT2D eigenvalue weighted by molar-refractivity contribution is 7.51. The van der Waals surface area contributed by atoms with Crippen LogP contribution in [0, 0.1) is 0 Å². The number of nitrogens with one attached hydrogen (secondary N) is 1. The molecule has 6 rings (SSSR count). The van der Waals surface area contributed by atoms with Crippen molar-refractivity contribution in [3.05, 3.63) is 71.8 Å². The minimum Gasteiger partial charge on any atom is -0.453 e. The van der Waals surface area contributed by atoms with Crippen molar-refractivity contribution in [1.29, 1.82) is 0 Å². The van der Waals surface area contributed by atoms with Gasteiger partial charge in [0.1, 0.15) is 0 Å². The molecular formula is C30H41N5O8S2. The van der Waals surface area contributed by atoms with Crippen LogP contribution in [0.15, 0.2) is 49.6 Å². The molecule has 2 amide bonds. The van der Waals surface area contributed by atoms with Crippen LogP contribution in [0.1, 0.15) is 46.9 Å². The molecule has 2 aliphatic heterocycles. The van der Waals surface area contributed by atoms with Crippen LogP contribution < -0.4 is 16.2 Å². The lowest BCUT2D eigenvalue weighted by Gasteiger charge is -2.22. The fraction of sp³-hybridized carbons (Fsp3) is 0.467. The highest BCUT2D eigenvalue weighted by Crippen LogP contribution is 2.46. The summed E-state index contributed by atoms with van der Waals surface area (Å²) in [5, 5.41) is 4.90. The number of benzene rings is 2. The summed E-state index contributed by atoms with van der Waals surface area (Å²) in [5.74, 6) is 6.79. The molecule has 0 aromatic heterocycles. The van der Waals surface area contributed by atoms with Gasteiger partial charge in [0.05, 0.1) is 19.9 Å². The van der Waals surface area contributed by atoms with Gasteiger partial charge < -0.3 is 29.6 Å². The van der Waals surface area contributed by atoms with Crippen LogP contribution >= 0.6 is 0 Å². The lowest BCUT2D eigenvalue weighted by molar-refractivity contribution is 0.118. The van der Waals surface area contributed by atoms with Crippen molar-refractivity contribution < 1.29 is 35.9 Å². The number of nitrogens with zero attached hydrogens (tertiary/aromatic N) is 3.